The maximum absolute atomic E-state index is 11.7. The summed E-state index contributed by atoms with van der Waals surface area (Å²) in [5.41, 5.74) is 1.53. The van der Waals surface area contributed by atoms with Gasteiger partial charge in [0.15, 0.2) is 9.84 Å². The number of anilines is 1. The average Bonchev–Trinajstić information content (AvgIpc) is 2.27. The Morgan fingerprint density at radius 2 is 2.00 bits per heavy atom. The van der Waals surface area contributed by atoms with Crippen LogP contribution in [0.15, 0.2) is 24.3 Å². The van der Waals surface area contributed by atoms with Gasteiger partial charge in [-0.15, -0.1) is 0 Å². The zero-order chi connectivity index (χ0) is 13.1. The summed E-state index contributed by atoms with van der Waals surface area (Å²) in [7, 11) is -3.37. The number of benzene rings is 1. The third kappa shape index (κ3) is 3.81. The molecule has 1 aromatic carbocycles. The normalized spacial score (nSPS) is 13.1. The number of nitrogens with one attached hydrogen (secondary N) is 1. The molecule has 0 aliphatic heterocycles. The lowest BCUT2D eigenvalue weighted by atomic mass is 10.2. The first kappa shape index (κ1) is 14.2. The van der Waals surface area contributed by atoms with Crippen LogP contribution in [-0.4, -0.2) is 25.8 Å². The van der Waals surface area contributed by atoms with Gasteiger partial charge in [-0.2, -0.15) is 0 Å². The summed E-state index contributed by atoms with van der Waals surface area (Å²) in [6.45, 7) is 1.38. The second kappa shape index (κ2) is 5.64. The van der Waals surface area contributed by atoms with Gasteiger partial charge in [0.1, 0.15) is 5.25 Å². The molecule has 1 rings (SSSR count). The molecule has 0 aromatic heterocycles. The van der Waals surface area contributed by atoms with E-state index in [9.17, 15) is 13.2 Å². The molecule has 0 aliphatic rings. The summed E-state index contributed by atoms with van der Waals surface area (Å²) in [5, 5.41) is 2.16. The van der Waals surface area contributed by atoms with Crippen LogP contribution in [0.4, 0.5) is 5.69 Å². The van der Waals surface area contributed by atoms with E-state index in [1.54, 1.807) is 12.1 Å². The first-order valence-corrected chi connectivity index (χ1v) is 8.07. The van der Waals surface area contributed by atoms with Gasteiger partial charge in [-0.25, -0.2) is 8.42 Å². The van der Waals surface area contributed by atoms with E-state index in [1.807, 2.05) is 12.1 Å². The van der Waals surface area contributed by atoms with Gasteiger partial charge in [0.25, 0.3) is 0 Å². The molecule has 0 saturated heterocycles. The highest BCUT2D eigenvalue weighted by Crippen LogP contribution is 2.18. The number of carbonyl (C=O) groups is 1. The summed E-state index contributed by atoms with van der Waals surface area (Å²) in [4.78, 5) is 11.7. The van der Waals surface area contributed by atoms with Crippen molar-refractivity contribution in [2.24, 2.45) is 0 Å². The maximum Gasteiger partial charge on any atom is 0.242 e. The van der Waals surface area contributed by atoms with Crippen LogP contribution >= 0.6 is 15.9 Å². The van der Waals surface area contributed by atoms with E-state index in [0.717, 1.165) is 11.8 Å². The summed E-state index contributed by atoms with van der Waals surface area (Å²) in [6.07, 6.45) is 1.05. The van der Waals surface area contributed by atoms with E-state index in [4.69, 9.17) is 0 Å². The Labute approximate surface area is 109 Å². The summed E-state index contributed by atoms with van der Waals surface area (Å²) in [5.74, 6) is -0.513. The summed E-state index contributed by atoms with van der Waals surface area (Å²) < 4.78 is 22.5. The number of alkyl halides is 1. The van der Waals surface area contributed by atoms with Gasteiger partial charge in [-0.3, -0.25) is 4.79 Å². The summed E-state index contributed by atoms with van der Waals surface area (Å²) >= 11 is 3.31. The molecular formula is C11H14BrNO3S. The molecular weight excluding hydrogens is 306 g/mol. The quantitative estimate of drug-likeness (QED) is 0.863. The molecule has 0 fully saturated rings. The molecule has 0 spiro atoms. The molecule has 17 heavy (non-hydrogen) atoms. The molecule has 4 nitrogen and oxygen atoms in total. The Bertz CT molecular complexity index is 513. The van der Waals surface area contributed by atoms with Crippen LogP contribution < -0.4 is 5.32 Å². The molecule has 0 heterocycles. The lowest BCUT2D eigenvalue weighted by Gasteiger charge is -2.12. The summed E-state index contributed by atoms with van der Waals surface area (Å²) in [6, 6.07) is 7.23. The number of amides is 1. The van der Waals surface area contributed by atoms with Gasteiger partial charge in [0.2, 0.25) is 5.91 Å². The van der Waals surface area contributed by atoms with E-state index in [2.05, 4.69) is 21.2 Å². The largest absolute Gasteiger partial charge is 0.325 e. The Morgan fingerprint density at radius 3 is 2.53 bits per heavy atom. The smallest absolute Gasteiger partial charge is 0.242 e. The van der Waals surface area contributed by atoms with Gasteiger partial charge < -0.3 is 5.32 Å². The molecule has 1 atom stereocenters. The minimum atomic E-state index is -3.37. The number of rotatable bonds is 4. The molecule has 1 amide bonds. The predicted octanol–water partition coefficient (Wildman–Crippen LogP) is 1.95. The third-order valence-electron chi connectivity index (χ3n) is 2.43. The van der Waals surface area contributed by atoms with Gasteiger partial charge in [-0.05, 0) is 18.6 Å². The molecule has 0 bridgehead atoms. The van der Waals surface area contributed by atoms with E-state index in [0.29, 0.717) is 11.0 Å². The van der Waals surface area contributed by atoms with E-state index < -0.39 is 21.0 Å². The van der Waals surface area contributed by atoms with Crippen LogP contribution in [0.1, 0.15) is 12.5 Å². The van der Waals surface area contributed by atoms with Crippen LogP contribution in [0.5, 0.6) is 0 Å². The van der Waals surface area contributed by atoms with Crippen molar-refractivity contribution in [3.63, 3.8) is 0 Å². The third-order valence-corrected chi connectivity index (χ3v) is 4.53. The Morgan fingerprint density at radius 1 is 1.41 bits per heavy atom. The lowest BCUT2D eigenvalue weighted by Crippen LogP contribution is -2.32. The van der Waals surface area contributed by atoms with Gasteiger partial charge in [0.05, 0.1) is 0 Å². The molecule has 1 N–H and O–H groups in total. The minimum absolute atomic E-state index is 0.513. The Hall–Kier alpha value is -0.880. The van der Waals surface area contributed by atoms with E-state index in [-0.39, 0.29) is 0 Å². The number of carbonyl (C=O) groups excluding carboxylic acids is 1. The molecule has 94 valence electrons. The van der Waals surface area contributed by atoms with Crippen molar-refractivity contribution in [1.82, 2.24) is 0 Å². The average molecular weight is 320 g/mol. The molecule has 6 heteroatoms. The highest BCUT2D eigenvalue weighted by Gasteiger charge is 2.23. The predicted molar refractivity (Wildman–Crippen MR) is 72.0 cm³/mol. The van der Waals surface area contributed by atoms with Gasteiger partial charge >= 0.3 is 0 Å². The fourth-order valence-electron chi connectivity index (χ4n) is 1.19. The number of hydrogen-bond acceptors (Lipinski definition) is 3. The second-order valence-corrected chi connectivity index (χ2v) is 6.68. The van der Waals surface area contributed by atoms with Crippen molar-refractivity contribution in [3.05, 3.63) is 29.8 Å². The number of hydrogen-bond donors (Lipinski definition) is 1. The van der Waals surface area contributed by atoms with Crippen molar-refractivity contribution in [2.75, 3.05) is 11.6 Å². The van der Waals surface area contributed by atoms with Gasteiger partial charge in [0, 0.05) is 17.3 Å². The standard InChI is InChI=1S/C11H14BrNO3S/c1-8(17(2,15)16)11(14)13-10-6-4-3-5-9(10)7-12/h3-6,8H,7H2,1-2H3,(H,13,14). The second-order valence-electron chi connectivity index (χ2n) is 3.75. The lowest BCUT2D eigenvalue weighted by molar-refractivity contribution is -0.115. The van der Waals surface area contributed by atoms with Crippen LogP contribution in [0.3, 0.4) is 0 Å². The first-order valence-electron chi connectivity index (χ1n) is 5.00. The molecule has 1 unspecified atom stereocenters. The van der Waals surface area contributed by atoms with Crippen molar-refractivity contribution in [3.8, 4) is 0 Å². The van der Waals surface area contributed by atoms with E-state index >= 15 is 0 Å². The highest BCUT2D eigenvalue weighted by atomic mass is 79.9. The highest BCUT2D eigenvalue weighted by molar-refractivity contribution is 9.08. The van der Waals surface area contributed by atoms with Crippen molar-refractivity contribution in [1.29, 1.82) is 0 Å². The van der Waals surface area contributed by atoms with Crippen molar-refractivity contribution < 1.29 is 13.2 Å². The zero-order valence-electron chi connectivity index (χ0n) is 9.60. The van der Waals surface area contributed by atoms with Crippen LogP contribution in [0.25, 0.3) is 0 Å². The molecule has 0 aliphatic carbocycles. The Balaban J connectivity index is 2.89. The number of sulfone groups is 1. The fraction of sp³-hybridized carbons (Fsp3) is 0.364. The van der Waals surface area contributed by atoms with Crippen molar-refractivity contribution >= 4 is 37.4 Å². The van der Waals surface area contributed by atoms with E-state index in [1.165, 1.54) is 6.92 Å². The maximum atomic E-state index is 11.7. The number of halogens is 1. The first-order chi connectivity index (χ1) is 7.86. The zero-order valence-corrected chi connectivity index (χ0v) is 12.0. The minimum Gasteiger partial charge on any atom is -0.325 e. The van der Waals surface area contributed by atoms with Crippen molar-refractivity contribution in [2.45, 2.75) is 17.5 Å². The molecule has 0 radical (unpaired) electrons. The SMILES string of the molecule is CC(C(=O)Nc1ccccc1CBr)S(C)(=O)=O. The van der Waals surface area contributed by atoms with Crippen LogP contribution in [0.2, 0.25) is 0 Å². The van der Waals surface area contributed by atoms with Crippen LogP contribution in [-0.2, 0) is 20.0 Å². The fourth-order valence-corrected chi connectivity index (χ4v) is 2.12. The Kier molecular flexibility index (Phi) is 4.70. The molecule has 1 aromatic rings. The topological polar surface area (TPSA) is 63.2 Å². The number of para-hydroxylation sites is 1. The van der Waals surface area contributed by atoms with Gasteiger partial charge in [-0.1, -0.05) is 34.1 Å². The van der Waals surface area contributed by atoms with Crippen LogP contribution in [0, 0.1) is 0 Å². The molecule has 0 saturated carbocycles. The monoisotopic (exact) mass is 319 g/mol.